The van der Waals surface area contributed by atoms with Crippen LogP contribution in [0.4, 0.5) is 16.0 Å². The Morgan fingerprint density at radius 1 is 0.926 bits per heavy atom. The number of fused-ring (bicyclic) bond motifs is 1. The van der Waals surface area contributed by atoms with Crippen LogP contribution in [0.2, 0.25) is 0 Å². The van der Waals surface area contributed by atoms with E-state index >= 15 is 0 Å². The number of ether oxygens (including phenoxy) is 1. The molecule has 0 atom stereocenters. The van der Waals surface area contributed by atoms with Gasteiger partial charge in [-0.1, -0.05) is 12.1 Å². The number of aromatic nitrogens is 3. The van der Waals surface area contributed by atoms with Crippen LogP contribution in [0.1, 0.15) is 5.56 Å². The highest BCUT2D eigenvalue weighted by Crippen LogP contribution is 2.38. The molecule has 27 heavy (non-hydrogen) atoms. The highest BCUT2D eigenvalue weighted by Gasteiger charge is 2.15. The Labute approximate surface area is 154 Å². The first-order valence-electron chi connectivity index (χ1n) is 8.23. The van der Waals surface area contributed by atoms with Gasteiger partial charge in [-0.3, -0.25) is 0 Å². The van der Waals surface area contributed by atoms with E-state index in [1.165, 1.54) is 6.07 Å². The van der Waals surface area contributed by atoms with E-state index in [1.807, 2.05) is 19.1 Å². The number of benzene rings is 2. The second-order valence-electron chi connectivity index (χ2n) is 6.03. The van der Waals surface area contributed by atoms with Crippen LogP contribution in [-0.2, 0) is 0 Å². The zero-order valence-corrected chi connectivity index (χ0v) is 14.5. The van der Waals surface area contributed by atoms with Crippen molar-refractivity contribution in [1.29, 1.82) is 0 Å². The molecule has 0 fully saturated rings. The lowest BCUT2D eigenvalue weighted by Gasteiger charge is -2.15. The number of nitrogens with two attached hydrogens (primary N) is 2. The number of halogens is 1. The van der Waals surface area contributed by atoms with Crippen molar-refractivity contribution in [2.24, 2.45) is 0 Å². The lowest BCUT2D eigenvalue weighted by molar-refractivity contribution is 0.466. The maximum Gasteiger partial charge on any atom is 0.228 e. The van der Waals surface area contributed by atoms with Gasteiger partial charge in [0, 0.05) is 23.2 Å². The quantitative estimate of drug-likeness (QED) is 0.533. The summed E-state index contributed by atoms with van der Waals surface area (Å²) >= 11 is 0. The third-order valence-electron chi connectivity index (χ3n) is 4.26. The summed E-state index contributed by atoms with van der Waals surface area (Å²) < 4.78 is 20.0. The molecule has 4 rings (SSSR count). The van der Waals surface area contributed by atoms with Crippen molar-refractivity contribution >= 4 is 22.4 Å². The number of rotatable bonds is 3. The third kappa shape index (κ3) is 2.99. The molecule has 7 heteroatoms. The van der Waals surface area contributed by atoms with Gasteiger partial charge in [0.2, 0.25) is 11.8 Å². The fourth-order valence-electron chi connectivity index (χ4n) is 2.91. The van der Waals surface area contributed by atoms with Gasteiger partial charge in [-0.2, -0.15) is 0 Å². The minimum atomic E-state index is -0.465. The summed E-state index contributed by atoms with van der Waals surface area (Å²) in [4.78, 5) is 12.5. The van der Waals surface area contributed by atoms with Crippen LogP contribution in [0.3, 0.4) is 0 Å². The van der Waals surface area contributed by atoms with Gasteiger partial charge in [0.05, 0.1) is 16.9 Å². The largest absolute Gasteiger partial charge is 0.437 e. The molecule has 0 saturated heterocycles. The van der Waals surface area contributed by atoms with Crippen LogP contribution >= 0.6 is 0 Å². The SMILES string of the molecule is Cc1ccc2c(N)c(F)ccc2c1Oc1ncccc1-c1ccnc(N)n1. The summed E-state index contributed by atoms with van der Waals surface area (Å²) in [6, 6.07) is 11.9. The fraction of sp³-hybridized carbons (Fsp3) is 0.0500. The molecule has 0 radical (unpaired) electrons. The molecule has 2 heterocycles. The zero-order chi connectivity index (χ0) is 19.0. The van der Waals surface area contributed by atoms with Crippen LogP contribution in [-0.4, -0.2) is 15.0 Å². The van der Waals surface area contributed by atoms with Crippen LogP contribution < -0.4 is 16.2 Å². The van der Waals surface area contributed by atoms with Crippen LogP contribution in [0.15, 0.2) is 54.9 Å². The molecule has 4 N–H and O–H groups in total. The molecular formula is C20H16FN5O. The van der Waals surface area contributed by atoms with Gasteiger partial charge in [-0.05, 0) is 42.8 Å². The van der Waals surface area contributed by atoms with Crippen LogP contribution in [0, 0.1) is 12.7 Å². The predicted molar refractivity (Wildman–Crippen MR) is 103 cm³/mol. The molecule has 4 aromatic rings. The molecule has 6 nitrogen and oxygen atoms in total. The van der Waals surface area contributed by atoms with E-state index in [-0.39, 0.29) is 11.6 Å². The van der Waals surface area contributed by atoms with Crippen molar-refractivity contribution in [3.63, 3.8) is 0 Å². The first kappa shape index (κ1) is 16.7. The van der Waals surface area contributed by atoms with E-state index < -0.39 is 5.82 Å². The summed E-state index contributed by atoms with van der Waals surface area (Å²) in [7, 11) is 0. The molecule has 2 aromatic heterocycles. The molecule has 0 aliphatic carbocycles. The van der Waals surface area contributed by atoms with Crippen LogP contribution in [0.25, 0.3) is 22.0 Å². The van der Waals surface area contributed by atoms with Crippen molar-refractivity contribution in [3.8, 4) is 22.9 Å². The summed E-state index contributed by atoms with van der Waals surface area (Å²) in [5.41, 5.74) is 13.8. The monoisotopic (exact) mass is 361 g/mol. The Kier molecular flexibility index (Phi) is 4.04. The highest BCUT2D eigenvalue weighted by molar-refractivity contribution is 5.98. The topological polar surface area (TPSA) is 99.9 Å². The minimum absolute atomic E-state index is 0.0853. The first-order valence-corrected chi connectivity index (χ1v) is 8.23. The molecule has 0 unspecified atom stereocenters. The van der Waals surface area contributed by atoms with E-state index in [0.29, 0.717) is 33.7 Å². The number of nitrogen functional groups attached to an aromatic ring is 2. The smallest absolute Gasteiger partial charge is 0.228 e. The van der Waals surface area contributed by atoms with E-state index in [2.05, 4.69) is 15.0 Å². The molecule has 2 aromatic carbocycles. The molecule has 0 spiro atoms. The van der Waals surface area contributed by atoms with E-state index in [4.69, 9.17) is 16.2 Å². The van der Waals surface area contributed by atoms with Crippen molar-refractivity contribution in [2.75, 3.05) is 11.5 Å². The van der Waals surface area contributed by atoms with Crippen molar-refractivity contribution in [3.05, 3.63) is 66.2 Å². The minimum Gasteiger partial charge on any atom is -0.437 e. The second-order valence-corrected chi connectivity index (χ2v) is 6.03. The summed E-state index contributed by atoms with van der Waals surface area (Å²) in [5, 5.41) is 1.28. The molecule has 0 aliphatic rings. The summed E-state index contributed by atoms with van der Waals surface area (Å²) in [6.07, 6.45) is 3.19. The molecule has 134 valence electrons. The standard InChI is InChI=1S/C20H16FN5O/c1-11-4-5-12-13(6-7-15(21)17(12)22)18(11)27-19-14(3-2-9-24-19)16-8-10-25-20(23)26-16/h2-10H,22H2,1H3,(H2,23,25,26). The van der Waals surface area contributed by atoms with Gasteiger partial charge >= 0.3 is 0 Å². The average molecular weight is 361 g/mol. The Balaban J connectivity index is 1.87. The molecular weight excluding hydrogens is 345 g/mol. The number of hydrogen-bond acceptors (Lipinski definition) is 6. The van der Waals surface area contributed by atoms with Crippen molar-refractivity contribution in [1.82, 2.24) is 15.0 Å². The molecule has 0 saturated carbocycles. The number of aryl methyl sites for hydroxylation is 1. The van der Waals surface area contributed by atoms with Gasteiger partial charge in [0.1, 0.15) is 11.6 Å². The molecule has 0 bridgehead atoms. The normalized spacial score (nSPS) is 10.9. The van der Waals surface area contributed by atoms with Gasteiger partial charge in [0.15, 0.2) is 0 Å². The van der Waals surface area contributed by atoms with Gasteiger partial charge in [-0.25, -0.2) is 19.3 Å². The highest BCUT2D eigenvalue weighted by atomic mass is 19.1. The van der Waals surface area contributed by atoms with Gasteiger partial charge < -0.3 is 16.2 Å². The van der Waals surface area contributed by atoms with Crippen LogP contribution in [0.5, 0.6) is 11.6 Å². The maximum atomic E-state index is 13.8. The third-order valence-corrected chi connectivity index (χ3v) is 4.26. The predicted octanol–water partition coefficient (Wildman–Crippen LogP) is 4.10. The Morgan fingerprint density at radius 2 is 1.74 bits per heavy atom. The lowest BCUT2D eigenvalue weighted by atomic mass is 10.0. The second kappa shape index (κ2) is 6.53. The molecule has 0 amide bonds. The number of anilines is 2. The summed E-state index contributed by atoms with van der Waals surface area (Å²) in [5.74, 6) is 0.606. The Hall–Kier alpha value is -3.74. The van der Waals surface area contributed by atoms with E-state index in [0.717, 1.165) is 5.56 Å². The summed E-state index contributed by atoms with van der Waals surface area (Å²) in [6.45, 7) is 1.90. The number of hydrogen-bond donors (Lipinski definition) is 2. The lowest BCUT2D eigenvalue weighted by Crippen LogP contribution is -1.99. The van der Waals surface area contributed by atoms with E-state index in [9.17, 15) is 4.39 Å². The molecule has 0 aliphatic heterocycles. The Morgan fingerprint density at radius 3 is 2.56 bits per heavy atom. The van der Waals surface area contributed by atoms with Crippen molar-refractivity contribution in [2.45, 2.75) is 6.92 Å². The van der Waals surface area contributed by atoms with Gasteiger partial charge in [-0.15, -0.1) is 0 Å². The zero-order valence-electron chi connectivity index (χ0n) is 14.5. The van der Waals surface area contributed by atoms with E-state index in [1.54, 1.807) is 36.7 Å². The fourth-order valence-corrected chi connectivity index (χ4v) is 2.91. The van der Waals surface area contributed by atoms with Gasteiger partial charge in [0.25, 0.3) is 0 Å². The Bertz CT molecular complexity index is 1160. The average Bonchev–Trinajstić information content (AvgIpc) is 2.67. The number of nitrogens with zero attached hydrogens (tertiary/aromatic N) is 3. The van der Waals surface area contributed by atoms with Crippen molar-refractivity contribution < 1.29 is 9.13 Å². The number of pyridine rings is 1. The maximum absolute atomic E-state index is 13.8. The first-order chi connectivity index (χ1) is 13.0.